The Kier molecular flexibility index (Phi) is 3.07. The second-order valence-electron chi connectivity index (χ2n) is 5.58. The minimum atomic E-state index is 0.479. The van der Waals surface area contributed by atoms with Crippen LogP contribution in [0.5, 0.6) is 0 Å². The standard InChI is InChI=1S/C13H21N5/c1-8-6-12(17-13(16-8)18-14)15-7-11(9-2-3-9)10-4-5-10/h6,9-11H,2-5,7,14H2,1H3,(H2,15,16,17,18). The van der Waals surface area contributed by atoms with Gasteiger partial charge in [-0.05, 0) is 50.4 Å². The molecule has 5 nitrogen and oxygen atoms in total. The molecule has 0 aliphatic heterocycles. The highest BCUT2D eigenvalue weighted by Gasteiger charge is 2.41. The number of aromatic nitrogens is 2. The van der Waals surface area contributed by atoms with E-state index in [1.54, 1.807) is 0 Å². The smallest absolute Gasteiger partial charge is 0.239 e. The van der Waals surface area contributed by atoms with Gasteiger partial charge >= 0.3 is 0 Å². The van der Waals surface area contributed by atoms with Crippen molar-refractivity contribution < 1.29 is 0 Å². The highest BCUT2D eigenvalue weighted by Crippen LogP contribution is 2.49. The summed E-state index contributed by atoms with van der Waals surface area (Å²) in [6.45, 7) is 2.99. The number of nitrogens with two attached hydrogens (primary N) is 1. The molecule has 0 aromatic carbocycles. The van der Waals surface area contributed by atoms with E-state index in [0.29, 0.717) is 5.95 Å². The zero-order chi connectivity index (χ0) is 12.5. The summed E-state index contributed by atoms with van der Waals surface area (Å²) >= 11 is 0. The average Bonchev–Trinajstić information content (AvgIpc) is 3.22. The molecule has 0 radical (unpaired) electrons. The maximum Gasteiger partial charge on any atom is 0.239 e. The normalized spacial score (nSPS) is 19.1. The van der Waals surface area contributed by atoms with E-state index in [1.165, 1.54) is 25.7 Å². The first-order valence-electron chi connectivity index (χ1n) is 6.82. The van der Waals surface area contributed by atoms with Crippen molar-refractivity contribution in [3.8, 4) is 0 Å². The summed E-state index contributed by atoms with van der Waals surface area (Å²) in [6.07, 6.45) is 5.67. The molecule has 18 heavy (non-hydrogen) atoms. The predicted molar refractivity (Wildman–Crippen MR) is 72.0 cm³/mol. The number of hydrogen-bond acceptors (Lipinski definition) is 5. The lowest BCUT2D eigenvalue weighted by molar-refractivity contribution is 0.427. The lowest BCUT2D eigenvalue weighted by Gasteiger charge is -2.17. The Bertz CT molecular complexity index is 413. The van der Waals surface area contributed by atoms with Gasteiger partial charge in [0.25, 0.3) is 0 Å². The number of hydrazine groups is 1. The van der Waals surface area contributed by atoms with Crippen molar-refractivity contribution in [2.24, 2.45) is 23.6 Å². The van der Waals surface area contributed by atoms with E-state index >= 15 is 0 Å². The van der Waals surface area contributed by atoms with Crippen molar-refractivity contribution in [3.05, 3.63) is 11.8 Å². The molecular formula is C13H21N5. The monoisotopic (exact) mass is 247 g/mol. The molecule has 1 aromatic heterocycles. The fourth-order valence-electron chi connectivity index (χ4n) is 2.71. The van der Waals surface area contributed by atoms with Crippen molar-refractivity contribution in [2.45, 2.75) is 32.6 Å². The molecule has 98 valence electrons. The molecule has 5 heteroatoms. The largest absolute Gasteiger partial charge is 0.370 e. The van der Waals surface area contributed by atoms with Gasteiger partial charge in [0.2, 0.25) is 5.95 Å². The summed E-state index contributed by atoms with van der Waals surface area (Å²) in [6, 6.07) is 1.97. The third-order valence-electron chi connectivity index (χ3n) is 3.96. The van der Waals surface area contributed by atoms with Gasteiger partial charge in [0, 0.05) is 18.3 Å². The van der Waals surface area contributed by atoms with Gasteiger partial charge in [0.05, 0.1) is 0 Å². The van der Waals surface area contributed by atoms with E-state index in [-0.39, 0.29) is 0 Å². The first-order chi connectivity index (χ1) is 8.76. The number of nitrogen functional groups attached to an aromatic ring is 1. The molecule has 2 aliphatic rings. The maximum absolute atomic E-state index is 5.36. The molecule has 0 amide bonds. The van der Waals surface area contributed by atoms with Crippen molar-refractivity contribution in [1.82, 2.24) is 9.97 Å². The molecule has 0 atom stereocenters. The summed E-state index contributed by atoms with van der Waals surface area (Å²) in [5, 5.41) is 3.46. The number of aryl methyl sites for hydroxylation is 1. The molecule has 1 aromatic rings. The first kappa shape index (κ1) is 11.7. The number of rotatable bonds is 6. The Morgan fingerprint density at radius 3 is 2.50 bits per heavy atom. The van der Waals surface area contributed by atoms with E-state index in [4.69, 9.17) is 5.84 Å². The second kappa shape index (κ2) is 4.72. The quantitative estimate of drug-likeness (QED) is 0.529. The summed E-state index contributed by atoms with van der Waals surface area (Å²) in [5.41, 5.74) is 3.43. The van der Waals surface area contributed by atoms with Gasteiger partial charge in [-0.2, -0.15) is 4.98 Å². The summed E-state index contributed by atoms with van der Waals surface area (Å²) in [7, 11) is 0. The van der Waals surface area contributed by atoms with E-state index < -0.39 is 0 Å². The lowest BCUT2D eigenvalue weighted by Crippen LogP contribution is -2.19. The highest BCUT2D eigenvalue weighted by molar-refractivity contribution is 5.41. The number of nitrogens with one attached hydrogen (secondary N) is 2. The Balaban J connectivity index is 1.62. The van der Waals surface area contributed by atoms with E-state index in [2.05, 4.69) is 20.7 Å². The third kappa shape index (κ3) is 2.72. The molecule has 4 N–H and O–H groups in total. The number of anilines is 2. The van der Waals surface area contributed by atoms with Gasteiger partial charge in [0.1, 0.15) is 5.82 Å². The van der Waals surface area contributed by atoms with Crippen molar-refractivity contribution in [1.29, 1.82) is 0 Å². The Hall–Kier alpha value is -1.36. The fraction of sp³-hybridized carbons (Fsp3) is 0.692. The van der Waals surface area contributed by atoms with Crippen LogP contribution in [0.1, 0.15) is 31.4 Å². The van der Waals surface area contributed by atoms with Crippen molar-refractivity contribution in [2.75, 3.05) is 17.3 Å². The number of nitrogens with zero attached hydrogens (tertiary/aromatic N) is 2. The highest BCUT2D eigenvalue weighted by atomic mass is 15.3. The van der Waals surface area contributed by atoms with Crippen LogP contribution in [-0.4, -0.2) is 16.5 Å². The van der Waals surface area contributed by atoms with Crippen LogP contribution in [0, 0.1) is 24.7 Å². The van der Waals surface area contributed by atoms with Gasteiger partial charge in [0.15, 0.2) is 0 Å². The van der Waals surface area contributed by atoms with E-state index in [0.717, 1.165) is 35.8 Å². The molecule has 0 spiro atoms. The molecule has 0 saturated heterocycles. The molecule has 0 bridgehead atoms. The zero-order valence-electron chi connectivity index (χ0n) is 10.8. The molecule has 2 saturated carbocycles. The Morgan fingerprint density at radius 1 is 1.28 bits per heavy atom. The Labute approximate surface area is 108 Å². The van der Waals surface area contributed by atoms with Gasteiger partial charge in [-0.3, -0.25) is 5.43 Å². The first-order valence-corrected chi connectivity index (χ1v) is 6.82. The van der Waals surface area contributed by atoms with Crippen LogP contribution in [0.25, 0.3) is 0 Å². The van der Waals surface area contributed by atoms with E-state index in [1.807, 2.05) is 13.0 Å². The van der Waals surface area contributed by atoms with E-state index in [9.17, 15) is 0 Å². The van der Waals surface area contributed by atoms with Crippen LogP contribution in [0.3, 0.4) is 0 Å². The van der Waals surface area contributed by atoms with Crippen LogP contribution in [0.15, 0.2) is 6.07 Å². The molecule has 1 heterocycles. The summed E-state index contributed by atoms with van der Waals surface area (Å²) in [5.74, 6) is 9.47. The van der Waals surface area contributed by atoms with Crippen LogP contribution >= 0.6 is 0 Å². The average molecular weight is 247 g/mol. The summed E-state index contributed by atoms with van der Waals surface area (Å²) < 4.78 is 0. The third-order valence-corrected chi connectivity index (χ3v) is 3.96. The minimum Gasteiger partial charge on any atom is -0.370 e. The molecule has 2 fully saturated rings. The molecule has 2 aliphatic carbocycles. The number of hydrogen-bond donors (Lipinski definition) is 3. The van der Waals surface area contributed by atoms with Gasteiger partial charge in [-0.1, -0.05) is 0 Å². The summed E-state index contributed by atoms with van der Waals surface area (Å²) in [4.78, 5) is 8.51. The van der Waals surface area contributed by atoms with Crippen molar-refractivity contribution in [3.63, 3.8) is 0 Å². The van der Waals surface area contributed by atoms with Crippen LogP contribution in [0.4, 0.5) is 11.8 Å². The van der Waals surface area contributed by atoms with Gasteiger partial charge in [-0.25, -0.2) is 10.8 Å². The second-order valence-corrected chi connectivity index (χ2v) is 5.58. The van der Waals surface area contributed by atoms with Gasteiger partial charge < -0.3 is 5.32 Å². The van der Waals surface area contributed by atoms with Gasteiger partial charge in [-0.15, -0.1) is 0 Å². The molecule has 3 rings (SSSR count). The molecule has 0 unspecified atom stereocenters. The van der Waals surface area contributed by atoms with Crippen LogP contribution in [-0.2, 0) is 0 Å². The van der Waals surface area contributed by atoms with Crippen LogP contribution in [0.2, 0.25) is 0 Å². The minimum absolute atomic E-state index is 0.479. The van der Waals surface area contributed by atoms with Crippen LogP contribution < -0.4 is 16.6 Å². The maximum atomic E-state index is 5.36. The lowest BCUT2D eigenvalue weighted by atomic mass is 9.98. The molecular weight excluding hydrogens is 226 g/mol. The zero-order valence-corrected chi connectivity index (χ0v) is 10.8. The fourth-order valence-corrected chi connectivity index (χ4v) is 2.71. The predicted octanol–water partition coefficient (Wildman–Crippen LogP) is 1.92. The topological polar surface area (TPSA) is 75.9 Å². The Morgan fingerprint density at radius 2 is 1.94 bits per heavy atom. The van der Waals surface area contributed by atoms with Crippen molar-refractivity contribution >= 4 is 11.8 Å². The SMILES string of the molecule is Cc1cc(NCC(C2CC2)C2CC2)nc(NN)n1.